The van der Waals surface area contributed by atoms with Crippen LogP contribution in [0.3, 0.4) is 0 Å². The fourth-order valence-electron chi connectivity index (χ4n) is 2.11. The van der Waals surface area contributed by atoms with Gasteiger partial charge in [0.1, 0.15) is 5.75 Å². The molecule has 0 spiro atoms. The molecule has 1 aliphatic rings. The van der Waals surface area contributed by atoms with E-state index in [0.717, 1.165) is 18.8 Å². The Labute approximate surface area is 91.0 Å². The number of hydrogen-bond donors (Lipinski definition) is 1. The number of rotatable bonds is 3. The van der Waals surface area contributed by atoms with Crippen molar-refractivity contribution in [3.8, 4) is 5.75 Å². The zero-order valence-electron chi connectivity index (χ0n) is 9.36. The first-order valence-corrected chi connectivity index (χ1v) is 5.40. The summed E-state index contributed by atoms with van der Waals surface area (Å²) >= 11 is 0. The van der Waals surface area contributed by atoms with Crippen molar-refractivity contribution >= 4 is 5.69 Å². The van der Waals surface area contributed by atoms with Crippen LogP contribution in [-0.2, 0) is 0 Å². The lowest BCUT2D eigenvalue weighted by molar-refractivity contribution is 0.415. The molecule has 1 saturated heterocycles. The largest absolute Gasteiger partial charge is 0.495 e. The van der Waals surface area contributed by atoms with Crippen molar-refractivity contribution in [3.05, 3.63) is 24.3 Å². The lowest BCUT2D eigenvalue weighted by Gasteiger charge is -2.21. The minimum absolute atomic E-state index is 0.606. The van der Waals surface area contributed by atoms with E-state index < -0.39 is 0 Å². The Bertz CT molecular complexity index is 327. The summed E-state index contributed by atoms with van der Waals surface area (Å²) in [5, 5.41) is 3.32. The highest BCUT2D eigenvalue weighted by atomic mass is 16.5. The van der Waals surface area contributed by atoms with Crippen LogP contribution >= 0.6 is 0 Å². The second-order valence-electron chi connectivity index (χ2n) is 3.89. The van der Waals surface area contributed by atoms with Crippen molar-refractivity contribution in [2.75, 3.05) is 32.1 Å². The monoisotopic (exact) mass is 206 g/mol. The second-order valence-corrected chi connectivity index (χ2v) is 3.89. The third kappa shape index (κ3) is 2.07. The second kappa shape index (κ2) is 4.53. The Kier molecular flexibility index (Phi) is 3.11. The van der Waals surface area contributed by atoms with Crippen molar-refractivity contribution in [2.45, 2.75) is 12.5 Å². The van der Waals surface area contributed by atoms with E-state index in [4.69, 9.17) is 4.74 Å². The molecule has 0 bridgehead atoms. The van der Waals surface area contributed by atoms with Crippen LogP contribution in [0.2, 0.25) is 0 Å². The predicted octanol–water partition coefficient (Wildman–Crippen LogP) is 1.49. The molecular weight excluding hydrogens is 188 g/mol. The number of hydrogen-bond acceptors (Lipinski definition) is 3. The third-order valence-corrected chi connectivity index (χ3v) is 3.02. The van der Waals surface area contributed by atoms with Gasteiger partial charge in [0.15, 0.2) is 0 Å². The Hall–Kier alpha value is -1.22. The third-order valence-electron chi connectivity index (χ3n) is 3.02. The van der Waals surface area contributed by atoms with Crippen molar-refractivity contribution < 1.29 is 4.74 Å². The number of benzene rings is 1. The quantitative estimate of drug-likeness (QED) is 0.811. The molecule has 0 radical (unpaired) electrons. The van der Waals surface area contributed by atoms with Gasteiger partial charge in [0, 0.05) is 19.1 Å². The van der Waals surface area contributed by atoms with Crippen molar-refractivity contribution in [2.24, 2.45) is 0 Å². The van der Waals surface area contributed by atoms with Gasteiger partial charge in [-0.15, -0.1) is 0 Å². The number of para-hydroxylation sites is 2. The molecule has 3 nitrogen and oxygen atoms in total. The fourth-order valence-corrected chi connectivity index (χ4v) is 2.11. The van der Waals surface area contributed by atoms with Gasteiger partial charge in [-0.2, -0.15) is 0 Å². The molecular formula is C12H18N2O. The van der Waals surface area contributed by atoms with Crippen LogP contribution < -0.4 is 15.0 Å². The van der Waals surface area contributed by atoms with Crippen LogP contribution in [0.25, 0.3) is 0 Å². The van der Waals surface area contributed by atoms with Gasteiger partial charge in [-0.3, -0.25) is 0 Å². The Morgan fingerprint density at radius 2 is 2.20 bits per heavy atom. The van der Waals surface area contributed by atoms with E-state index in [1.807, 2.05) is 19.2 Å². The summed E-state index contributed by atoms with van der Waals surface area (Å²) in [7, 11) is 3.75. The number of likely N-dealkylation sites (N-methyl/N-ethyl adjacent to an activating group) is 1. The molecule has 0 saturated carbocycles. The first kappa shape index (κ1) is 10.3. The maximum Gasteiger partial charge on any atom is 0.142 e. The van der Waals surface area contributed by atoms with Crippen molar-refractivity contribution in [1.82, 2.24) is 5.32 Å². The van der Waals surface area contributed by atoms with E-state index in [1.165, 1.54) is 12.1 Å². The van der Waals surface area contributed by atoms with Crippen LogP contribution in [0.4, 0.5) is 5.69 Å². The molecule has 15 heavy (non-hydrogen) atoms. The Morgan fingerprint density at radius 3 is 2.87 bits per heavy atom. The van der Waals surface area contributed by atoms with E-state index in [-0.39, 0.29) is 0 Å². The van der Waals surface area contributed by atoms with Crippen LogP contribution in [0.15, 0.2) is 24.3 Å². The lowest BCUT2D eigenvalue weighted by Crippen LogP contribution is -2.29. The maximum absolute atomic E-state index is 5.36. The molecule has 1 aromatic rings. The molecule has 1 aliphatic heterocycles. The fraction of sp³-hybridized carbons (Fsp3) is 0.500. The minimum atomic E-state index is 0.606. The first-order valence-electron chi connectivity index (χ1n) is 5.40. The zero-order chi connectivity index (χ0) is 10.7. The molecule has 0 aromatic heterocycles. The van der Waals surface area contributed by atoms with E-state index >= 15 is 0 Å². The molecule has 2 rings (SSSR count). The molecule has 0 amide bonds. The summed E-state index contributed by atoms with van der Waals surface area (Å²) in [5.41, 5.74) is 1.21. The summed E-state index contributed by atoms with van der Waals surface area (Å²) in [4.78, 5) is 2.38. The summed E-state index contributed by atoms with van der Waals surface area (Å²) in [6.07, 6.45) is 1.20. The number of anilines is 1. The van der Waals surface area contributed by atoms with E-state index in [9.17, 15) is 0 Å². The SMILES string of the molecule is CNC1CCN(c2ccccc2OC)C1. The van der Waals surface area contributed by atoms with Crippen LogP contribution in [0, 0.1) is 0 Å². The predicted molar refractivity (Wildman–Crippen MR) is 62.7 cm³/mol. The number of nitrogens with zero attached hydrogens (tertiary/aromatic N) is 1. The van der Waals surface area contributed by atoms with Gasteiger partial charge in [-0.05, 0) is 25.6 Å². The van der Waals surface area contributed by atoms with Gasteiger partial charge >= 0.3 is 0 Å². The van der Waals surface area contributed by atoms with E-state index in [2.05, 4.69) is 22.3 Å². The van der Waals surface area contributed by atoms with Crippen LogP contribution in [0.5, 0.6) is 5.75 Å². The topological polar surface area (TPSA) is 24.5 Å². The summed E-state index contributed by atoms with van der Waals surface area (Å²) in [6.45, 7) is 2.17. The lowest BCUT2D eigenvalue weighted by atomic mass is 10.2. The summed E-state index contributed by atoms with van der Waals surface area (Å²) < 4.78 is 5.36. The number of nitrogens with one attached hydrogen (secondary N) is 1. The summed E-state index contributed by atoms with van der Waals surface area (Å²) in [6, 6.07) is 8.81. The molecule has 0 aliphatic carbocycles. The Morgan fingerprint density at radius 1 is 1.40 bits per heavy atom. The average Bonchev–Trinajstić information content (AvgIpc) is 2.77. The molecule has 1 fully saturated rings. The average molecular weight is 206 g/mol. The molecule has 1 N–H and O–H groups in total. The van der Waals surface area contributed by atoms with Crippen LogP contribution in [-0.4, -0.2) is 33.3 Å². The van der Waals surface area contributed by atoms with Gasteiger partial charge in [-0.25, -0.2) is 0 Å². The standard InChI is InChI=1S/C12H18N2O/c1-13-10-7-8-14(9-10)11-5-3-4-6-12(11)15-2/h3-6,10,13H,7-9H2,1-2H3. The van der Waals surface area contributed by atoms with Gasteiger partial charge < -0.3 is 15.0 Å². The number of ether oxygens (including phenoxy) is 1. The van der Waals surface area contributed by atoms with Crippen molar-refractivity contribution in [1.29, 1.82) is 0 Å². The molecule has 1 aromatic carbocycles. The highest BCUT2D eigenvalue weighted by molar-refractivity contribution is 5.59. The van der Waals surface area contributed by atoms with E-state index in [1.54, 1.807) is 7.11 Å². The molecule has 82 valence electrons. The van der Waals surface area contributed by atoms with Gasteiger partial charge in [-0.1, -0.05) is 12.1 Å². The molecule has 1 unspecified atom stereocenters. The highest BCUT2D eigenvalue weighted by Crippen LogP contribution is 2.30. The Balaban J connectivity index is 2.16. The summed E-state index contributed by atoms with van der Waals surface area (Å²) in [5.74, 6) is 0.967. The zero-order valence-corrected chi connectivity index (χ0v) is 9.36. The minimum Gasteiger partial charge on any atom is -0.495 e. The highest BCUT2D eigenvalue weighted by Gasteiger charge is 2.22. The normalized spacial score (nSPS) is 20.7. The van der Waals surface area contributed by atoms with Gasteiger partial charge in [0.25, 0.3) is 0 Å². The van der Waals surface area contributed by atoms with Gasteiger partial charge in [0.05, 0.1) is 12.8 Å². The van der Waals surface area contributed by atoms with Crippen molar-refractivity contribution in [3.63, 3.8) is 0 Å². The molecule has 1 atom stereocenters. The first-order chi connectivity index (χ1) is 7.35. The molecule has 3 heteroatoms. The van der Waals surface area contributed by atoms with Crippen LogP contribution in [0.1, 0.15) is 6.42 Å². The molecule has 1 heterocycles. The maximum atomic E-state index is 5.36. The number of methoxy groups -OCH3 is 1. The van der Waals surface area contributed by atoms with Gasteiger partial charge in [0.2, 0.25) is 0 Å². The van der Waals surface area contributed by atoms with E-state index in [0.29, 0.717) is 6.04 Å². The smallest absolute Gasteiger partial charge is 0.142 e.